The van der Waals surface area contributed by atoms with Crippen molar-refractivity contribution >= 4 is 17.9 Å². The zero-order chi connectivity index (χ0) is 22.6. The number of carboxylic acids is 3. The molecular weight excluding hydrogens is 372 g/mol. The Bertz CT molecular complexity index is 402. The SMILES string of the molecule is C=C(C)C(=O)O.CC(CO)(CO)CO.O=C(O)CCCCCCCCC(=O)O. The summed E-state index contributed by atoms with van der Waals surface area (Å²) in [4.78, 5) is 29.9. The number of aliphatic hydroxyl groups excluding tert-OH is 3. The maximum absolute atomic E-state index is 10.1. The third-order valence-corrected chi connectivity index (χ3v) is 3.54. The molecule has 0 radical (unpaired) electrons. The number of carboxylic acid groups (broad SMARTS) is 3. The average molecular weight is 408 g/mol. The van der Waals surface area contributed by atoms with E-state index in [-0.39, 0.29) is 38.2 Å². The summed E-state index contributed by atoms with van der Waals surface area (Å²) in [6, 6.07) is 0. The van der Waals surface area contributed by atoms with Gasteiger partial charge < -0.3 is 30.6 Å². The molecule has 0 aromatic rings. The lowest BCUT2D eigenvalue weighted by atomic mass is 9.95. The molecular formula is C19H36O9. The summed E-state index contributed by atoms with van der Waals surface area (Å²) in [6.07, 6.45) is 5.82. The summed E-state index contributed by atoms with van der Waals surface area (Å²) < 4.78 is 0. The van der Waals surface area contributed by atoms with Gasteiger partial charge in [0, 0.05) is 23.8 Å². The molecule has 0 aromatic carbocycles. The molecule has 0 atom stereocenters. The zero-order valence-electron chi connectivity index (χ0n) is 16.9. The van der Waals surface area contributed by atoms with Gasteiger partial charge in [0.05, 0.1) is 19.8 Å². The highest BCUT2D eigenvalue weighted by atomic mass is 16.4. The molecule has 0 aliphatic rings. The average Bonchev–Trinajstić information content (AvgIpc) is 2.63. The van der Waals surface area contributed by atoms with Crippen molar-refractivity contribution in [3.63, 3.8) is 0 Å². The van der Waals surface area contributed by atoms with Crippen LogP contribution in [0.1, 0.15) is 65.2 Å². The lowest BCUT2D eigenvalue weighted by Gasteiger charge is -2.20. The quantitative estimate of drug-likeness (QED) is 0.196. The molecule has 0 rings (SSSR count). The highest BCUT2D eigenvalue weighted by Crippen LogP contribution is 2.11. The van der Waals surface area contributed by atoms with Gasteiger partial charge in [0.1, 0.15) is 0 Å². The minimum atomic E-state index is -0.935. The smallest absolute Gasteiger partial charge is 0.330 e. The Morgan fingerprint density at radius 1 is 0.714 bits per heavy atom. The van der Waals surface area contributed by atoms with E-state index in [1.807, 2.05) is 0 Å². The first-order valence-electron chi connectivity index (χ1n) is 9.10. The molecule has 0 saturated carbocycles. The molecule has 0 aliphatic heterocycles. The van der Waals surface area contributed by atoms with Crippen LogP contribution in [0.2, 0.25) is 0 Å². The predicted octanol–water partition coefficient (Wildman–Crippen LogP) is 1.89. The molecule has 9 heteroatoms. The monoisotopic (exact) mass is 408 g/mol. The Labute approximate surface area is 166 Å². The standard InChI is InChI=1S/C10H18O4.C5H12O3.C4H6O2/c11-9(12)7-5-3-1-2-4-6-8-10(13)14;1-5(2-6,3-7)4-8;1-3(2)4(5)6/h1-8H2,(H,11,12)(H,13,14);6-8H,2-4H2,1H3;1H2,2H3,(H,5,6). The van der Waals surface area contributed by atoms with Crippen molar-refractivity contribution in [2.24, 2.45) is 5.41 Å². The van der Waals surface area contributed by atoms with Crippen molar-refractivity contribution < 1.29 is 45.0 Å². The lowest BCUT2D eigenvalue weighted by Crippen LogP contribution is -2.29. The highest BCUT2D eigenvalue weighted by Gasteiger charge is 2.20. The van der Waals surface area contributed by atoms with Gasteiger partial charge in [-0.05, 0) is 19.8 Å². The van der Waals surface area contributed by atoms with Crippen molar-refractivity contribution in [1.82, 2.24) is 0 Å². The molecule has 9 nitrogen and oxygen atoms in total. The second-order valence-corrected chi connectivity index (χ2v) is 6.78. The van der Waals surface area contributed by atoms with Crippen LogP contribution < -0.4 is 0 Å². The Balaban J connectivity index is -0.000000376. The Morgan fingerprint density at radius 3 is 1.11 bits per heavy atom. The highest BCUT2D eigenvalue weighted by molar-refractivity contribution is 5.84. The van der Waals surface area contributed by atoms with Crippen molar-refractivity contribution in [2.45, 2.75) is 65.2 Å². The molecule has 0 aliphatic carbocycles. The van der Waals surface area contributed by atoms with Crippen molar-refractivity contribution in [2.75, 3.05) is 19.8 Å². The van der Waals surface area contributed by atoms with E-state index < -0.39 is 23.3 Å². The fourth-order valence-corrected chi connectivity index (χ4v) is 1.41. The summed E-state index contributed by atoms with van der Waals surface area (Å²) in [5, 5.41) is 50.0. The second-order valence-electron chi connectivity index (χ2n) is 6.78. The molecule has 0 saturated heterocycles. The van der Waals surface area contributed by atoms with Crippen molar-refractivity contribution in [3.8, 4) is 0 Å². The molecule has 0 aromatic heterocycles. The minimum absolute atomic E-state index is 0.176. The second kappa shape index (κ2) is 19.8. The van der Waals surface area contributed by atoms with Gasteiger partial charge in [-0.25, -0.2) is 4.79 Å². The van der Waals surface area contributed by atoms with E-state index >= 15 is 0 Å². The maximum atomic E-state index is 10.1. The van der Waals surface area contributed by atoms with Gasteiger partial charge in [0.25, 0.3) is 0 Å². The minimum Gasteiger partial charge on any atom is -0.481 e. The van der Waals surface area contributed by atoms with Crippen LogP contribution in [0.3, 0.4) is 0 Å². The van der Waals surface area contributed by atoms with Crippen LogP contribution in [0.15, 0.2) is 12.2 Å². The first-order valence-corrected chi connectivity index (χ1v) is 9.10. The van der Waals surface area contributed by atoms with Crippen LogP contribution in [0.25, 0.3) is 0 Å². The van der Waals surface area contributed by atoms with Gasteiger partial charge in [0.2, 0.25) is 0 Å². The normalized spacial score (nSPS) is 10.0. The van der Waals surface area contributed by atoms with Crippen LogP contribution >= 0.6 is 0 Å². The Morgan fingerprint density at radius 2 is 0.964 bits per heavy atom. The number of rotatable bonds is 13. The van der Waals surface area contributed by atoms with Gasteiger partial charge in [0.15, 0.2) is 0 Å². The molecule has 0 bridgehead atoms. The Kier molecular flexibility index (Phi) is 21.7. The zero-order valence-corrected chi connectivity index (χ0v) is 16.9. The van der Waals surface area contributed by atoms with E-state index in [1.165, 1.54) is 6.92 Å². The van der Waals surface area contributed by atoms with Gasteiger partial charge in [-0.1, -0.05) is 39.2 Å². The molecule has 0 fully saturated rings. The fourth-order valence-electron chi connectivity index (χ4n) is 1.41. The summed E-state index contributed by atoms with van der Waals surface area (Å²) in [5.41, 5.74) is -0.532. The molecule has 0 unspecified atom stereocenters. The van der Waals surface area contributed by atoms with E-state index in [9.17, 15) is 14.4 Å². The van der Waals surface area contributed by atoms with Crippen LogP contribution in [0, 0.1) is 5.41 Å². The van der Waals surface area contributed by atoms with E-state index in [0.717, 1.165) is 38.5 Å². The van der Waals surface area contributed by atoms with E-state index in [2.05, 4.69) is 6.58 Å². The molecule has 0 heterocycles. The lowest BCUT2D eigenvalue weighted by molar-refractivity contribution is -0.138. The van der Waals surface area contributed by atoms with Gasteiger partial charge >= 0.3 is 17.9 Å². The number of hydrogen-bond donors (Lipinski definition) is 6. The number of aliphatic carboxylic acids is 3. The molecule has 0 amide bonds. The summed E-state index contributed by atoms with van der Waals surface area (Å²) >= 11 is 0. The summed E-state index contributed by atoms with van der Waals surface area (Å²) in [5.74, 6) is -2.42. The number of aliphatic hydroxyl groups is 3. The van der Waals surface area contributed by atoms with Crippen LogP contribution in [0.4, 0.5) is 0 Å². The first kappa shape index (κ1) is 30.7. The number of hydrogen-bond acceptors (Lipinski definition) is 6. The third kappa shape index (κ3) is 26.3. The van der Waals surface area contributed by atoms with E-state index in [0.29, 0.717) is 0 Å². The Hall–Kier alpha value is -1.97. The van der Waals surface area contributed by atoms with Gasteiger partial charge in [-0.2, -0.15) is 0 Å². The van der Waals surface area contributed by atoms with Crippen molar-refractivity contribution in [1.29, 1.82) is 0 Å². The van der Waals surface area contributed by atoms with Gasteiger partial charge in [-0.3, -0.25) is 9.59 Å². The van der Waals surface area contributed by atoms with Gasteiger partial charge in [-0.15, -0.1) is 0 Å². The molecule has 6 N–H and O–H groups in total. The molecule has 166 valence electrons. The van der Waals surface area contributed by atoms with Crippen LogP contribution in [0.5, 0.6) is 0 Å². The molecule has 0 spiro atoms. The van der Waals surface area contributed by atoms with Crippen LogP contribution in [-0.2, 0) is 14.4 Å². The van der Waals surface area contributed by atoms with E-state index in [1.54, 1.807) is 6.92 Å². The molecule has 28 heavy (non-hydrogen) atoms. The first-order chi connectivity index (χ1) is 13.0. The predicted molar refractivity (Wildman–Crippen MR) is 104 cm³/mol. The fraction of sp³-hybridized carbons (Fsp3) is 0.737. The number of unbranched alkanes of at least 4 members (excludes halogenated alkanes) is 5. The summed E-state index contributed by atoms with van der Waals surface area (Å²) in [6.45, 7) is 5.66. The number of carbonyl (C=O) groups is 3. The maximum Gasteiger partial charge on any atom is 0.330 e. The van der Waals surface area contributed by atoms with Crippen LogP contribution in [-0.4, -0.2) is 68.4 Å². The summed E-state index contributed by atoms with van der Waals surface area (Å²) in [7, 11) is 0. The van der Waals surface area contributed by atoms with Crippen molar-refractivity contribution in [3.05, 3.63) is 12.2 Å². The topological polar surface area (TPSA) is 173 Å². The third-order valence-electron chi connectivity index (χ3n) is 3.54. The largest absolute Gasteiger partial charge is 0.481 e. The van der Waals surface area contributed by atoms with E-state index in [4.69, 9.17) is 30.6 Å².